The summed E-state index contributed by atoms with van der Waals surface area (Å²) in [6.07, 6.45) is 4.04. The zero-order valence-corrected chi connectivity index (χ0v) is 15.3. The minimum Gasteiger partial charge on any atom is -0.348 e. The van der Waals surface area contributed by atoms with Gasteiger partial charge < -0.3 is 15.5 Å². The number of benzene rings is 1. The average Bonchev–Trinajstić information content (AvgIpc) is 3.11. The lowest BCUT2D eigenvalue weighted by molar-refractivity contribution is 0.249. The summed E-state index contributed by atoms with van der Waals surface area (Å²) in [5, 5.41) is 9.63. The highest BCUT2D eigenvalue weighted by Crippen LogP contribution is 2.26. The summed E-state index contributed by atoms with van der Waals surface area (Å²) in [7, 11) is 0. The molecule has 2 heterocycles. The minimum atomic E-state index is -0.236. The number of hydrogen-bond acceptors (Lipinski definition) is 4. The van der Waals surface area contributed by atoms with E-state index in [0.717, 1.165) is 31.1 Å². The number of anilines is 2. The Morgan fingerprint density at radius 2 is 2.25 bits per heavy atom. The summed E-state index contributed by atoms with van der Waals surface area (Å²) in [6, 6.07) is 4.78. The maximum absolute atomic E-state index is 12.0. The maximum atomic E-state index is 12.0. The molecular weight excluding hydrogens is 367 g/mol. The lowest BCUT2D eigenvalue weighted by Gasteiger charge is -2.32. The molecule has 3 rings (SSSR count). The van der Waals surface area contributed by atoms with E-state index in [1.807, 2.05) is 11.6 Å². The van der Waals surface area contributed by atoms with Crippen molar-refractivity contribution in [1.29, 1.82) is 0 Å². The predicted octanol–water partition coefficient (Wildman–Crippen LogP) is 4.49. The van der Waals surface area contributed by atoms with E-state index >= 15 is 0 Å². The van der Waals surface area contributed by atoms with Crippen molar-refractivity contribution in [3.05, 3.63) is 39.8 Å². The number of hydrogen-bond donors (Lipinski definition) is 2. The largest absolute Gasteiger partial charge is 0.348 e. The van der Waals surface area contributed by atoms with Gasteiger partial charge in [-0.3, -0.25) is 0 Å². The number of halogens is 2. The van der Waals surface area contributed by atoms with E-state index in [9.17, 15) is 4.79 Å². The van der Waals surface area contributed by atoms with Crippen LogP contribution < -0.4 is 15.5 Å². The highest BCUT2D eigenvalue weighted by Gasteiger charge is 2.21. The van der Waals surface area contributed by atoms with Crippen LogP contribution >= 0.6 is 34.5 Å². The summed E-state index contributed by atoms with van der Waals surface area (Å²) in [4.78, 5) is 18.7. The Labute approximate surface area is 155 Å². The Morgan fingerprint density at radius 1 is 1.38 bits per heavy atom. The van der Waals surface area contributed by atoms with Crippen molar-refractivity contribution < 1.29 is 4.79 Å². The molecule has 1 unspecified atom stereocenters. The van der Waals surface area contributed by atoms with E-state index in [0.29, 0.717) is 28.2 Å². The van der Waals surface area contributed by atoms with Crippen molar-refractivity contribution in [1.82, 2.24) is 10.3 Å². The van der Waals surface area contributed by atoms with E-state index in [1.54, 1.807) is 29.5 Å². The molecule has 8 heteroatoms. The van der Waals surface area contributed by atoms with Gasteiger partial charge in [-0.25, -0.2) is 9.78 Å². The Kier molecular flexibility index (Phi) is 5.81. The van der Waals surface area contributed by atoms with Crippen LogP contribution in [0.15, 0.2) is 29.8 Å². The molecule has 0 saturated carbocycles. The summed E-state index contributed by atoms with van der Waals surface area (Å²) in [5.74, 6) is 0.419. The third kappa shape index (κ3) is 4.53. The molecule has 0 bridgehead atoms. The summed E-state index contributed by atoms with van der Waals surface area (Å²) < 4.78 is 0. The van der Waals surface area contributed by atoms with E-state index in [-0.39, 0.29) is 6.03 Å². The molecule has 1 fully saturated rings. The van der Waals surface area contributed by atoms with Gasteiger partial charge in [0.15, 0.2) is 5.13 Å². The van der Waals surface area contributed by atoms with Gasteiger partial charge in [0.1, 0.15) is 0 Å². The number of carbonyl (C=O) groups is 1. The number of carbonyl (C=O) groups excluding carboxylic acids is 1. The average molecular weight is 385 g/mol. The van der Waals surface area contributed by atoms with Gasteiger partial charge >= 0.3 is 6.03 Å². The smallest absolute Gasteiger partial charge is 0.319 e. The van der Waals surface area contributed by atoms with Crippen molar-refractivity contribution in [3.8, 4) is 0 Å². The molecule has 1 atom stereocenters. The SMILES string of the molecule is O=C(NCC1CCCN(c2nccs2)C1)Nc1ccc(Cl)c(Cl)c1. The highest BCUT2D eigenvalue weighted by molar-refractivity contribution is 7.13. The zero-order chi connectivity index (χ0) is 16.9. The van der Waals surface area contributed by atoms with E-state index in [2.05, 4.69) is 20.5 Å². The van der Waals surface area contributed by atoms with Gasteiger partial charge in [-0.15, -0.1) is 11.3 Å². The van der Waals surface area contributed by atoms with Crippen LogP contribution in [-0.4, -0.2) is 30.6 Å². The van der Waals surface area contributed by atoms with Crippen LogP contribution in [0.25, 0.3) is 0 Å². The van der Waals surface area contributed by atoms with E-state index in [1.165, 1.54) is 0 Å². The zero-order valence-electron chi connectivity index (χ0n) is 13.0. The van der Waals surface area contributed by atoms with Crippen LogP contribution in [0.3, 0.4) is 0 Å². The molecule has 1 aliphatic heterocycles. The summed E-state index contributed by atoms with van der Waals surface area (Å²) >= 11 is 13.5. The Hall–Kier alpha value is -1.50. The number of nitrogens with zero attached hydrogens (tertiary/aromatic N) is 2. The van der Waals surface area contributed by atoms with Crippen LogP contribution in [0.1, 0.15) is 12.8 Å². The first-order valence-electron chi connectivity index (χ1n) is 7.76. The van der Waals surface area contributed by atoms with Gasteiger partial charge in [-0.2, -0.15) is 0 Å². The monoisotopic (exact) mass is 384 g/mol. The topological polar surface area (TPSA) is 57.3 Å². The number of urea groups is 1. The molecule has 1 aromatic carbocycles. The summed E-state index contributed by atoms with van der Waals surface area (Å²) in [5.41, 5.74) is 0.620. The van der Waals surface area contributed by atoms with Gasteiger partial charge in [0.2, 0.25) is 0 Å². The first kappa shape index (κ1) is 17.3. The first-order chi connectivity index (χ1) is 11.6. The molecule has 1 saturated heterocycles. The molecule has 2 amide bonds. The van der Waals surface area contributed by atoms with E-state index in [4.69, 9.17) is 23.2 Å². The van der Waals surface area contributed by atoms with Crippen molar-refractivity contribution in [2.24, 2.45) is 5.92 Å². The van der Waals surface area contributed by atoms with Crippen molar-refractivity contribution in [2.45, 2.75) is 12.8 Å². The van der Waals surface area contributed by atoms with E-state index < -0.39 is 0 Å². The van der Waals surface area contributed by atoms with Gasteiger partial charge in [0.25, 0.3) is 0 Å². The minimum absolute atomic E-state index is 0.236. The van der Waals surface area contributed by atoms with Gasteiger partial charge in [-0.05, 0) is 37.0 Å². The molecule has 2 N–H and O–H groups in total. The number of aromatic nitrogens is 1. The molecule has 128 valence electrons. The predicted molar refractivity (Wildman–Crippen MR) is 101 cm³/mol. The molecule has 1 aliphatic rings. The Bertz CT molecular complexity index is 695. The fourth-order valence-electron chi connectivity index (χ4n) is 2.76. The number of amides is 2. The van der Waals surface area contributed by atoms with Gasteiger partial charge in [0.05, 0.1) is 10.0 Å². The molecule has 2 aromatic rings. The fraction of sp³-hybridized carbons (Fsp3) is 0.375. The van der Waals surface area contributed by atoms with Gasteiger partial charge in [0, 0.05) is 36.9 Å². The molecule has 5 nitrogen and oxygen atoms in total. The molecule has 1 aromatic heterocycles. The second-order valence-corrected chi connectivity index (χ2v) is 7.42. The van der Waals surface area contributed by atoms with Crippen LogP contribution in [-0.2, 0) is 0 Å². The van der Waals surface area contributed by atoms with Gasteiger partial charge in [-0.1, -0.05) is 23.2 Å². The number of nitrogens with one attached hydrogen (secondary N) is 2. The molecule has 0 spiro atoms. The first-order valence-corrected chi connectivity index (χ1v) is 9.40. The van der Waals surface area contributed by atoms with Crippen LogP contribution in [0.2, 0.25) is 10.0 Å². The molecule has 0 radical (unpaired) electrons. The van der Waals surface area contributed by atoms with Crippen LogP contribution in [0, 0.1) is 5.92 Å². The lowest BCUT2D eigenvalue weighted by Crippen LogP contribution is -2.42. The molecule has 24 heavy (non-hydrogen) atoms. The second-order valence-electron chi connectivity index (χ2n) is 5.73. The van der Waals surface area contributed by atoms with Crippen molar-refractivity contribution in [3.63, 3.8) is 0 Å². The van der Waals surface area contributed by atoms with Crippen molar-refractivity contribution in [2.75, 3.05) is 29.9 Å². The maximum Gasteiger partial charge on any atom is 0.319 e. The summed E-state index contributed by atoms with van der Waals surface area (Å²) in [6.45, 7) is 2.58. The third-order valence-corrected chi connectivity index (χ3v) is 5.51. The standard InChI is InChI=1S/C16H18Cl2N4OS/c17-13-4-3-12(8-14(13)18)21-15(23)20-9-11-2-1-6-22(10-11)16-19-5-7-24-16/h3-5,7-8,11H,1-2,6,9-10H2,(H2,20,21,23). The van der Waals surface area contributed by atoms with Crippen LogP contribution in [0.4, 0.5) is 15.6 Å². The van der Waals surface area contributed by atoms with Crippen LogP contribution in [0.5, 0.6) is 0 Å². The highest BCUT2D eigenvalue weighted by atomic mass is 35.5. The number of thiazole rings is 1. The quantitative estimate of drug-likeness (QED) is 0.816. The fourth-order valence-corrected chi connectivity index (χ4v) is 3.74. The number of rotatable bonds is 4. The molecular formula is C16H18Cl2N4OS. The third-order valence-electron chi connectivity index (χ3n) is 3.94. The lowest BCUT2D eigenvalue weighted by atomic mass is 9.98. The molecule has 0 aliphatic carbocycles. The number of piperidine rings is 1. The normalized spacial score (nSPS) is 17.6. The Balaban J connectivity index is 1.48. The second kappa shape index (κ2) is 8.05. The Morgan fingerprint density at radius 3 is 3.00 bits per heavy atom. The van der Waals surface area contributed by atoms with Crippen molar-refractivity contribution >= 4 is 51.4 Å².